The predicted octanol–water partition coefficient (Wildman–Crippen LogP) is 5.00. The number of rotatable bonds is 3. The standard InChI is InChI=1S/C21H9N3S3/c1-4-13-7-10-16(25-13)19-22-20(17-11-8-14(5-2)26-17)24-21(23-19)18-12-9-15(6-3)27-18/h1-3,7-12H. The van der Waals surface area contributed by atoms with E-state index in [9.17, 15) is 0 Å². The highest BCUT2D eigenvalue weighted by Gasteiger charge is 2.15. The summed E-state index contributed by atoms with van der Waals surface area (Å²) < 4.78 is 0. The molecule has 3 nitrogen and oxygen atoms in total. The summed E-state index contributed by atoms with van der Waals surface area (Å²) in [5.74, 6) is 9.65. The van der Waals surface area contributed by atoms with Gasteiger partial charge in [-0.25, -0.2) is 15.0 Å². The van der Waals surface area contributed by atoms with E-state index in [0.29, 0.717) is 17.5 Å². The van der Waals surface area contributed by atoms with E-state index < -0.39 is 0 Å². The molecule has 0 saturated heterocycles. The molecule has 0 saturated carbocycles. The number of hydrogen-bond acceptors (Lipinski definition) is 6. The van der Waals surface area contributed by atoms with Crippen LogP contribution in [0.15, 0.2) is 36.4 Å². The summed E-state index contributed by atoms with van der Waals surface area (Å²) in [5.41, 5.74) is 0. The molecule has 0 aliphatic rings. The van der Waals surface area contributed by atoms with Crippen LogP contribution < -0.4 is 0 Å². The Kier molecular flexibility index (Phi) is 4.59. The van der Waals surface area contributed by atoms with E-state index in [1.807, 2.05) is 36.4 Å². The maximum Gasteiger partial charge on any atom is 0.174 e. The number of thiophene rings is 3. The van der Waals surface area contributed by atoms with Gasteiger partial charge in [-0.1, -0.05) is 17.8 Å². The smallest absolute Gasteiger partial charge is 0.174 e. The SMILES string of the molecule is C#Cc1ccc(-c2nc(-c3ccc(C#C)s3)nc(-c3ccc(C#C)s3)n2)s1. The lowest BCUT2D eigenvalue weighted by Gasteiger charge is -2.04. The minimum absolute atomic E-state index is 0.577. The van der Waals surface area contributed by atoms with Crippen LogP contribution in [0, 0.1) is 37.0 Å². The van der Waals surface area contributed by atoms with E-state index in [1.54, 1.807) is 0 Å². The topological polar surface area (TPSA) is 38.7 Å². The molecule has 0 fully saturated rings. The third-order valence-corrected chi connectivity index (χ3v) is 6.58. The predicted molar refractivity (Wildman–Crippen MR) is 114 cm³/mol. The van der Waals surface area contributed by atoms with Crippen LogP contribution in [0.4, 0.5) is 0 Å². The van der Waals surface area contributed by atoms with E-state index >= 15 is 0 Å². The fourth-order valence-corrected chi connectivity index (χ4v) is 4.57. The summed E-state index contributed by atoms with van der Waals surface area (Å²) in [4.78, 5) is 19.1. The van der Waals surface area contributed by atoms with Crippen LogP contribution in [0.25, 0.3) is 32.1 Å². The molecule has 126 valence electrons. The van der Waals surface area contributed by atoms with E-state index in [4.69, 9.17) is 19.3 Å². The largest absolute Gasteiger partial charge is 0.206 e. The Morgan fingerprint density at radius 2 is 0.815 bits per heavy atom. The molecule has 6 heteroatoms. The summed E-state index contributed by atoms with van der Waals surface area (Å²) in [6.45, 7) is 0. The van der Waals surface area contributed by atoms with Gasteiger partial charge in [0, 0.05) is 0 Å². The first-order valence-corrected chi connectivity index (χ1v) is 10.1. The van der Waals surface area contributed by atoms with E-state index in [1.165, 1.54) is 34.0 Å². The highest BCUT2D eigenvalue weighted by atomic mass is 32.1. The summed E-state index contributed by atoms with van der Waals surface area (Å²) in [6, 6.07) is 11.4. The summed E-state index contributed by atoms with van der Waals surface area (Å²) in [5, 5.41) is 0. The molecule has 27 heavy (non-hydrogen) atoms. The van der Waals surface area contributed by atoms with Gasteiger partial charge in [-0.3, -0.25) is 0 Å². The molecule has 0 amide bonds. The fraction of sp³-hybridized carbons (Fsp3) is 0. The number of aromatic nitrogens is 3. The van der Waals surface area contributed by atoms with Crippen LogP contribution in [-0.2, 0) is 0 Å². The van der Waals surface area contributed by atoms with Crippen molar-refractivity contribution in [1.29, 1.82) is 0 Å². The Morgan fingerprint density at radius 1 is 0.519 bits per heavy atom. The monoisotopic (exact) mass is 399 g/mol. The third-order valence-electron chi connectivity index (χ3n) is 3.54. The Hall–Kier alpha value is -3.21. The van der Waals surface area contributed by atoms with Gasteiger partial charge in [0.2, 0.25) is 0 Å². The first-order chi connectivity index (χ1) is 13.2. The zero-order chi connectivity index (χ0) is 18.8. The van der Waals surface area contributed by atoms with Gasteiger partial charge in [-0.05, 0) is 36.4 Å². The maximum atomic E-state index is 5.49. The molecule has 0 aliphatic carbocycles. The minimum atomic E-state index is 0.577. The third kappa shape index (κ3) is 3.40. The molecule has 4 aromatic rings. The molecule has 0 atom stereocenters. The van der Waals surface area contributed by atoms with Crippen LogP contribution in [0.3, 0.4) is 0 Å². The normalized spacial score (nSPS) is 10.1. The second-order valence-electron chi connectivity index (χ2n) is 5.23. The Balaban J connectivity index is 1.89. The molecular formula is C21H9N3S3. The quantitative estimate of drug-likeness (QED) is 0.455. The van der Waals surface area contributed by atoms with Gasteiger partial charge in [0.15, 0.2) is 17.5 Å². The van der Waals surface area contributed by atoms with Crippen LogP contribution >= 0.6 is 34.0 Å². The van der Waals surface area contributed by atoms with Crippen molar-refractivity contribution >= 4 is 34.0 Å². The zero-order valence-corrected chi connectivity index (χ0v) is 16.2. The van der Waals surface area contributed by atoms with Gasteiger partial charge >= 0.3 is 0 Å². The molecule has 0 radical (unpaired) electrons. The summed E-state index contributed by atoms with van der Waals surface area (Å²) in [6.07, 6.45) is 16.5. The molecule has 0 bridgehead atoms. The summed E-state index contributed by atoms with van der Waals surface area (Å²) in [7, 11) is 0. The average Bonchev–Trinajstić information content (AvgIpc) is 3.47. The van der Waals surface area contributed by atoms with Crippen LogP contribution in [0.5, 0.6) is 0 Å². The van der Waals surface area contributed by atoms with Gasteiger partial charge < -0.3 is 0 Å². The number of hydrogen-bond donors (Lipinski definition) is 0. The van der Waals surface area contributed by atoms with Crippen molar-refractivity contribution in [2.75, 3.05) is 0 Å². The van der Waals surface area contributed by atoms with Crippen molar-refractivity contribution in [3.63, 3.8) is 0 Å². The first-order valence-electron chi connectivity index (χ1n) is 7.66. The van der Waals surface area contributed by atoms with Gasteiger partial charge in [-0.2, -0.15) is 0 Å². The molecule has 4 aromatic heterocycles. The highest BCUT2D eigenvalue weighted by Crippen LogP contribution is 2.33. The molecule has 0 N–H and O–H groups in total. The van der Waals surface area contributed by atoms with E-state index in [2.05, 4.69) is 32.7 Å². The maximum absolute atomic E-state index is 5.49. The molecule has 4 heterocycles. The van der Waals surface area contributed by atoms with Gasteiger partial charge in [0.1, 0.15) is 0 Å². The molecular weight excluding hydrogens is 390 g/mol. The average molecular weight is 400 g/mol. The first kappa shape index (κ1) is 17.2. The van der Waals surface area contributed by atoms with Crippen molar-refractivity contribution in [2.45, 2.75) is 0 Å². The Bertz CT molecular complexity index is 1100. The lowest BCUT2D eigenvalue weighted by molar-refractivity contribution is 1.09. The molecule has 4 rings (SSSR count). The lowest BCUT2D eigenvalue weighted by Crippen LogP contribution is -1.97. The molecule has 0 unspecified atom stereocenters. The van der Waals surface area contributed by atoms with Crippen molar-refractivity contribution in [2.24, 2.45) is 0 Å². The van der Waals surface area contributed by atoms with E-state index in [-0.39, 0.29) is 0 Å². The highest BCUT2D eigenvalue weighted by molar-refractivity contribution is 7.16. The summed E-state index contributed by atoms with van der Waals surface area (Å²) >= 11 is 4.40. The Labute approximate surface area is 168 Å². The van der Waals surface area contributed by atoms with Gasteiger partial charge in [-0.15, -0.1) is 53.3 Å². The Morgan fingerprint density at radius 3 is 1.04 bits per heavy atom. The fourth-order valence-electron chi connectivity index (χ4n) is 2.31. The number of terminal acetylenes is 3. The second kappa shape index (κ2) is 7.19. The lowest BCUT2D eigenvalue weighted by atomic mass is 10.3. The second-order valence-corrected chi connectivity index (χ2v) is 8.48. The van der Waals surface area contributed by atoms with Crippen molar-refractivity contribution in [1.82, 2.24) is 15.0 Å². The van der Waals surface area contributed by atoms with E-state index in [0.717, 1.165) is 29.3 Å². The zero-order valence-electron chi connectivity index (χ0n) is 13.8. The molecule has 0 spiro atoms. The van der Waals surface area contributed by atoms with Crippen molar-refractivity contribution in [3.05, 3.63) is 51.0 Å². The van der Waals surface area contributed by atoms with Crippen LogP contribution in [-0.4, -0.2) is 15.0 Å². The minimum Gasteiger partial charge on any atom is -0.206 e. The van der Waals surface area contributed by atoms with Crippen molar-refractivity contribution in [3.8, 4) is 69.1 Å². The molecule has 0 aromatic carbocycles. The van der Waals surface area contributed by atoms with Gasteiger partial charge in [0.05, 0.1) is 29.3 Å². The van der Waals surface area contributed by atoms with Crippen LogP contribution in [0.2, 0.25) is 0 Å². The van der Waals surface area contributed by atoms with Gasteiger partial charge in [0.25, 0.3) is 0 Å². The number of nitrogens with zero attached hydrogens (tertiary/aromatic N) is 3. The molecule has 0 aliphatic heterocycles. The van der Waals surface area contributed by atoms with Crippen LogP contribution in [0.1, 0.15) is 14.6 Å². The van der Waals surface area contributed by atoms with Crippen molar-refractivity contribution < 1.29 is 0 Å².